The second-order valence-corrected chi connectivity index (χ2v) is 6.64. The molecule has 0 spiro atoms. The number of hydrogen-bond acceptors (Lipinski definition) is 3. The number of hydrogen-bond donors (Lipinski definition) is 1. The standard InChI is InChI=1S/C18H24ClNO3/c1-12-5-3-4-6-15(12)20-18(22)10-8-16(21)14-11-13(19)7-9-17(14)23-2/h7,9,11-12,15H,3-6,8,10H2,1-2H3,(H,20,22). The molecule has 0 aliphatic heterocycles. The minimum atomic E-state index is -0.129. The summed E-state index contributed by atoms with van der Waals surface area (Å²) in [6.07, 6.45) is 4.93. The van der Waals surface area contributed by atoms with Gasteiger partial charge in [-0.1, -0.05) is 31.4 Å². The van der Waals surface area contributed by atoms with Crippen LogP contribution in [0.3, 0.4) is 0 Å². The molecule has 23 heavy (non-hydrogen) atoms. The molecule has 1 aromatic rings. The third-order valence-corrected chi connectivity index (χ3v) is 4.73. The van der Waals surface area contributed by atoms with Crippen LogP contribution in [0.15, 0.2) is 18.2 Å². The Morgan fingerprint density at radius 2 is 2.00 bits per heavy atom. The lowest BCUT2D eigenvalue weighted by Gasteiger charge is -2.29. The summed E-state index contributed by atoms with van der Waals surface area (Å²) in [7, 11) is 1.51. The minimum Gasteiger partial charge on any atom is -0.496 e. The molecule has 0 bridgehead atoms. The Kier molecular flexibility index (Phi) is 6.46. The summed E-state index contributed by atoms with van der Waals surface area (Å²) in [5.41, 5.74) is 0.429. The fourth-order valence-electron chi connectivity index (χ4n) is 3.07. The van der Waals surface area contributed by atoms with Crippen LogP contribution in [0.2, 0.25) is 5.02 Å². The molecule has 5 heteroatoms. The predicted octanol–water partition coefficient (Wildman–Crippen LogP) is 4.01. The Hall–Kier alpha value is -1.55. The van der Waals surface area contributed by atoms with E-state index in [1.165, 1.54) is 13.5 Å². The van der Waals surface area contributed by atoms with Crippen LogP contribution >= 0.6 is 11.6 Å². The molecule has 1 fully saturated rings. The zero-order valence-corrected chi connectivity index (χ0v) is 14.5. The molecule has 0 radical (unpaired) electrons. The number of ketones is 1. The van der Waals surface area contributed by atoms with Crippen LogP contribution in [0, 0.1) is 5.92 Å². The van der Waals surface area contributed by atoms with Crippen molar-refractivity contribution in [3.63, 3.8) is 0 Å². The number of carbonyl (C=O) groups is 2. The predicted molar refractivity (Wildman–Crippen MR) is 91.1 cm³/mol. The van der Waals surface area contributed by atoms with Crippen molar-refractivity contribution in [2.24, 2.45) is 5.92 Å². The van der Waals surface area contributed by atoms with Gasteiger partial charge in [-0.2, -0.15) is 0 Å². The van der Waals surface area contributed by atoms with Crippen molar-refractivity contribution < 1.29 is 14.3 Å². The summed E-state index contributed by atoms with van der Waals surface area (Å²) in [6.45, 7) is 2.17. The number of amides is 1. The topological polar surface area (TPSA) is 55.4 Å². The largest absolute Gasteiger partial charge is 0.496 e. The van der Waals surface area contributed by atoms with Gasteiger partial charge in [0.2, 0.25) is 5.91 Å². The lowest BCUT2D eigenvalue weighted by Crippen LogP contribution is -2.41. The summed E-state index contributed by atoms with van der Waals surface area (Å²) in [6, 6.07) is 5.17. The van der Waals surface area contributed by atoms with Gasteiger partial charge in [0.1, 0.15) is 5.75 Å². The van der Waals surface area contributed by atoms with Gasteiger partial charge >= 0.3 is 0 Å². The molecule has 0 saturated heterocycles. The van der Waals surface area contributed by atoms with Crippen molar-refractivity contribution in [2.75, 3.05) is 7.11 Å². The third kappa shape index (κ3) is 4.96. The molecule has 2 rings (SSSR count). The molecule has 0 heterocycles. The van der Waals surface area contributed by atoms with E-state index in [4.69, 9.17) is 16.3 Å². The highest BCUT2D eigenvalue weighted by Crippen LogP contribution is 2.25. The van der Waals surface area contributed by atoms with Crippen molar-refractivity contribution in [3.05, 3.63) is 28.8 Å². The van der Waals surface area contributed by atoms with Crippen LogP contribution in [0.5, 0.6) is 5.75 Å². The molecule has 4 nitrogen and oxygen atoms in total. The van der Waals surface area contributed by atoms with Gasteiger partial charge in [0.15, 0.2) is 5.78 Å². The van der Waals surface area contributed by atoms with Gasteiger partial charge in [0.05, 0.1) is 12.7 Å². The van der Waals surface area contributed by atoms with E-state index in [1.807, 2.05) is 0 Å². The first-order chi connectivity index (χ1) is 11.0. The van der Waals surface area contributed by atoms with Crippen LogP contribution in [0.4, 0.5) is 0 Å². The van der Waals surface area contributed by atoms with Crippen molar-refractivity contribution in [1.82, 2.24) is 5.32 Å². The smallest absolute Gasteiger partial charge is 0.220 e. The number of carbonyl (C=O) groups excluding carboxylic acids is 2. The normalized spacial score (nSPS) is 20.8. The van der Waals surface area contributed by atoms with E-state index in [2.05, 4.69) is 12.2 Å². The van der Waals surface area contributed by atoms with Crippen LogP contribution in [0.25, 0.3) is 0 Å². The van der Waals surface area contributed by atoms with Crippen LogP contribution in [-0.4, -0.2) is 24.8 Å². The van der Waals surface area contributed by atoms with E-state index in [-0.39, 0.29) is 30.6 Å². The zero-order chi connectivity index (χ0) is 16.8. The van der Waals surface area contributed by atoms with E-state index in [9.17, 15) is 9.59 Å². The minimum absolute atomic E-state index is 0.0573. The molecule has 1 aliphatic carbocycles. The first kappa shape index (κ1) is 17.8. The maximum atomic E-state index is 12.3. The summed E-state index contributed by atoms with van der Waals surface area (Å²) in [5, 5.41) is 3.55. The maximum Gasteiger partial charge on any atom is 0.220 e. The highest BCUT2D eigenvalue weighted by Gasteiger charge is 2.23. The SMILES string of the molecule is COc1ccc(Cl)cc1C(=O)CCC(=O)NC1CCCCC1C. The number of nitrogens with one attached hydrogen (secondary N) is 1. The third-order valence-electron chi connectivity index (χ3n) is 4.50. The second kappa shape index (κ2) is 8.34. The zero-order valence-electron chi connectivity index (χ0n) is 13.7. The van der Waals surface area contributed by atoms with Crippen molar-refractivity contribution >= 4 is 23.3 Å². The Morgan fingerprint density at radius 3 is 2.70 bits per heavy atom. The Labute approximate surface area is 142 Å². The summed E-state index contributed by atoms with van der Waals surface area (Å²) >= 11 is 5.94. The van der Waals surface area contributed by atoms with Crippen molar-refractivity contribution in [2.45, 2.75) is 51.5 Å². The Bertz CT molecular complexity index is 573. The Morgan fingerprint density at radius 1 is 1.26 bits per heavy atom. The molecule has 0 aromatic heterocycles. The number of benzene rings is 1. The van der Waals surface area contributed by atoms with Gasteiger partial charge < -0.3 is 10.1 Å². The molecule has 1 aliphatic rings. The van der Waals surface area contributed by atoms with E-state index in [1.54, 1.807) is 18.2 Å². The summed E-state index contributed by atoms with van der Waals surface area (Å²) in [5.74, 6) is 0.812. The summed E-state index contributed by atoms with van der Waals surface area (Å²) < 4.78 is 5.18. The maximum absolute atomic E-state index is 12.3. The quantitative estimate of drug-likeness (QED) is 0.798. The van der Waals surface area contributed by atoms with E-state index >= 15 is 0 Å². The molecule has 126 valence electrons. The van der Waals surface area contributed by atoms with Gasteiger partial charge in [-0.25, -0.2) is 0 Å². The number of halogens is 1. The molecule has 2 atom stereocenters. The summed E-state index contributed by atoms with van der Waals surface area (Å²) in [4.78, 5) is 24.4. The fourth-order valence-corrected chi connectivity index (χ4v) is 3.24. The molecular formula is C18H24ClNO3. The van der Waals surface area contributed by atoms with E-state index in [0.717, 1.165) is 19.3 Å². The highest BCUT2D eigenvalue weighted by molar-refractivity contribution is 6.31. The number of rotatable bonds is 6. The van der Waals surface area contributed by atoms with Crippen LogP contribution in [0.1, 0.15) is 55.8 Å². The average Bonchev–Trinajstić information content (AvgIpc) is 2.54. The van der Waals surface area contributed by atoms with Crippen molar-refractivity contribution in [1.29, 1.82) is 0 Å². The molecule has 1 aromatic carbocycles. The number of Topliss-reactive ketones (excluding diaryl/α,β-unsaturated/α-hetero) is 1. The first-order valence-electron chi connectivity index (χ1n) is 8.17. The lowest BCUT2D eigenvalue weighted by molar-refractivity contribution is -0.122. The lowest BCUT2D eigenvalue weighted by atomic mass is 9.86. The van der Waals surface area contributed by atoms with Crippen LogP contribution < -0.4 is 10.1 Å². The number of ether oxygens (including phenoxy) is 1. The molecule has 1 N–H and O–H groups in total. The first-order valence-corrected chi connectivity index (χ1v) is 8.55. The highest BCUT2D eigenvalue weighted by atomic mass is 35.5. The van der Waals surface area contributed by atoms with E-state index in [0.29, 0.717) is 22.3 Å². The molecule has 1 amide bonds. The second-order valence-electron chi connectivity index (χ2n) is 6.20. The monoisotopic (exact) mass is 337 g/mol. The van der Waals surface area contributed by atoms with Gasteiger partial charge in [-0.15, -0.1) is 0 Å². The molecular weight excluding hydrogens is 314 g/mol. The molecule has 1 saturated carbocycles. The van der Waals surface area contributed by atoms with Crippen LogP contribution in [-0.2, 0) is 4.79 Å². The van der Waals surface area contributed by atoms with Gasteiger partial charge in [0.25, 0.3) is 0 Å². The van der Waals surface area contributed by atoms with Gasteiger partial charge in [-0.3, -0.25) is 9.59 Å². The average molecular weight is 338 g/mol. The number of methoxy groups -OCH3 is 1. The van der Waals surface area contributed by atoms with E-state index < -0.39 is 0 Å². The van der Waals surface area contributed by atoms with Gasteiger partial charge in [-0.05, 0) is 37.0 Å². The molecule has 2 unspecified atom stereocenters. The van der Waals surface area contributed by atoms with Crippen molar-refractivity contribution in [3.8, 4) is 5.75 Å². The Balaban J connectivity index is 1.88. The van der Waals surface area contributed by atoms with Gasteiger partial charge in [0, 0.05) is 23.9 Å². The fraction of sp³-hybridized carbons (Fsp3) is 0.556.